The fourth-order valence-corrected chi connectivity index (χ4v) is 1.20. The highest BCUT2D eigenvalue weighted by Gasteiger charge is 1.98. The van der Waals surface area contributed by atoms with E-state index in [0.717, 1.165) is 30.1 Å². The second-order valence-electron chi connectivity index (χ2n) is 3.58. The van der Waals surface area contributed by atoms with Crippen molar-refractivity contribution in [2.24, 2.45) is 21.7 Å². The van der Waals surface area contributed by atoms with Gasteiger partial charge in [0.05, 0.1) is 12.3 Å². The first-order valence-corrected chi connectivity index (χ1v) is 5.50. The maximum atomic E-state index is 5.48. The van der Waals surface area contributed by atoms with E-state index in [2.05, 4.69) is 17.1 Å². The van der Waals surface area contributed by atoms with E-state index in [4.69, 9.17) is 16.2 Å². The molecule has 0 saturated heterocycles. The number of benzene rings is 1. The van der Waals surface area contributed by atoms with E-state index in [-0.39, 0.29) is 5.96 Å². The topological polar surface area (TPSA) is 86.0 Å². The summed E-state index contributed by atoms with van der Waals surface area (Å²) < 4.78 is 5.48. The predicted molar refractivity (Wildman–Crippen MR) is 70.2 cm³/mol. The Balaban J connectivity index is 2.73. The zero-order chi connectivity index (χ0) is 12.7. The van der Waals surface area contributed by atoms with E-state index >= 15 is 0 Å². The van der Waals surface area contributed by atoms with Crippen molar-refractivity contribution in [3.05, 3.63) is 29.8 Å². The molecule has 92 valence electrons. The van der Waals surface area contributed by atoms with Gasteiger partial charge in [-0.15, -0.1) is 5.10 Å². The Hall–Kier alpha value is -2.04. The molecule has 0 aliphatic carbocycles. The van der Waals surface area contributed by atoms with E-state index in [1.807, 2.05) is 31.2 Å². The van der Waals surface area contributed by atoms with Crippen LogP contribution < -0.4 is 16.2 Å². The molecule has 1 aromatic rings. The maximum absolute atomic E-state index is 5.48. The molecule has 0 radical (unpaired) electrons. The van der Waals surface area contributed by atoms with Gasteiger partial charge in [0.15, 0.2) is 0 Å². The Morgan fingerprint density at radius 2 is 1.82 bits per heavy atom. The maximum Gasteiger partial charge on any atom is 0.211 e. The first-order chi connectivity index (χ1) is 8.13. The van der Waals surface area contributed by atoms with Gasteiger partial charge in [-0.2, -0.15) is 5.10 Å². The average molecular weight is 234 g/mol. The van der Waals surface area contributed by atoms with Crippen LogP contribution in [0.2, 0.25) is 0 Å². The van der Waals surface area contributed by atoms with Crippen LogP contribution in [0.1, 0.15) is 25.8 Å². The molecule has 0 saturated carbocycles. The molecule has 0 bridgehead atoms. The highest BCUT2D eigenvalue weighted by molar-refractivity contribution is 5.99. The molecule has 1 aromatic carbocycles. The van der Waals surface area contributed by atoms with E-state index in [1.165, 1.54) is 0 Å². The number of guanidine groups is 1. The summed E-state index contributed by atoms with van der Waals surface area (Å²) in [5, 5.41) is 7.50. The minimum Gasteiger partial charge on any atom is -0.494 e. The van der Waals surface area contributed by atoms with E-state index in [9.17, 15) is 0 Å². The molecule has 5 heteroatoms. The molecule has 0 aromatic heterocycles. The second kappa shape index (κ2) is 6.52. The minimum absolute atomic E-state index is 0.0488. The van der Waals surface area contributed by atoms with Crippen LogP contribution >= 0.6 is 0 Å². The molecule has 0 atom stereocenters. The monoisotopic (exact) mass is 234 g/mol. The molecule has 0 unspecified atom stereocenters. The molecule has 0 heterocycles. The van der Waals surface area contributed by atoms with Gasteiger partial charge in [-0.25, -0.2) is 0 Å². The number of rotatable bonds is 5. The van der Waals surface area contributed by atoms with Crippen LogP contribution in [0.15, 0.2) is 34.5 Å². The summed E-state index contributed by atoms with van der Waals surface area (Å²) >= 11 is 0. The highest BCUT2D eigenvalue weighted by atomic mass is 16.5. The molecule has 0 amide bonds. The third kappa shape index (κ3) is 4.55. The van der Waals surface area contributed by atoms with Crippen molar-refractivity contribution in [3.63, 3.8) is 0 Å². The number of ether oxygens (including phenoxy) is 1. The minimum atomic E-state index is -0.0488. The van der Waals surface area contributed by atoms with E-state index in [1.54, 1.807) is 0 Å². The molecule has 1 rings (SSSR count). The lowest BCUT2D eigenvalue weighted by Gasteiger charge is -2.05. The Morgan fingerprint density at radius 1 is 1.18 bits per heavy atom. The predicted octanol–water partition coefficient (Wildman–Crippen LogP) is 1.47. The van der Waals surface area contributed by atoms with Crippen molar-refractivity contribution in [1.29, 1.82) is 0 Å². The summed E-state index contributed by atoms with van der Waals surface area (Å²) in [4.78, 5) is 0. The van der Waals surface area contributed by atoms with Crippen molar-refractivity contribution in [2.45, 2.75) is 20.3 Å². The number of hydrogen-bond acceptors (Lipinski definition) is 3. The molecular weight excluding hydrogens is 216 g/mol. The molecule has 0 aliphatic heterocycles. The van der Waals surface area contributed by atoms with Crippen LogP contribution in [0.25, 0.3) is 0 Å². The Bertz CT molecular complexity index is 405. The first-order valence-electron chi connectivity index (χ1n) is 5.50. The van der Waals surface area contributed by atoms with Gasteiger partial charge >= 0.3 is 0 Å². The fraction of sp³-hybridized carbons (Fsp3) is 0.333. The van der Waals surface area contributed by atoms with Crippen LogP contribution in [-0.4, -0.2) is 18.3 Å². The summed E-state index contributed by atoms with van der Waals surface area (Å²) in [6.45, 7) is 4.63. The van der Waals surface area contributed by atoms with E-state index < -0.39 is 0 Å². The summed E-state index contributed by atoms with van der Waals surface area (Å²) in [7, 11) is 0. The van der Waals surface area contributed by atoms with Crippen LogP contribution in [0, 0.1) is 0 Å². The Morgan fingerprint density at radius 3 is 2.35 bits per heavy atom. The van der Waals surface area contributed by atoms with Gasteiger partial charge in [0.2, 0.25) is 5.96 Å². The summed E-state index contributed by atoms with van der Waals surface area (Å²) in [6, 6.07) is 7.65. The highest BCUT2D eigenvalue weighted by Crippen LogP contribution is 2.13. The standard InChI is InChI=1S/C12H18N4O/c1-3-8-17-11-6-4-10(5-7-11)9(2)15-16-12(13)14/h4-7H,3,8H2,1-2H3,(H4,13,14,16). The molecule has 17 heavy (non-hydrogen) atoms. The van der Waals surface area contributed by atoms with Crippen LogP contribution in [-0.2, 0) is 0 Å². The zero-order valence-corrected chi connectivity index (χ0v) is 10.2. The molecule has 5 nitrogen and oxygen atoms in total. The summed E-state index contributed by atoms with van der Waals surface area (Å²) in [5.74, 6) is 0.803. The lowest BCUT2D eigenvalue weighted by atomic mass is 10.1. The Kier molecular flexibility index (Phi) is 5.00. The summed E-state index contributed by atoms with van der Waals surface area (Å²) in [5.41, 5.74) is 12.1. The van der Waals surface area contributed by atoms with Crippen molar-refractivity contribution < 1.29 is 4.74 Å². The molecular formula is C12H18N4O. The van der Waals surface area contributed by atoms with Crippen LogP contribution in [0.5, 0.6) is 5.75 Å². The lowest BCUT2D eigenvalue weighted by Crippen LogP contribution is -2.22. The van der Waals surface area contributed by atoms with Gasteiger partial charge in [-0.3, -0.25) is 0 Å². The van der Waals surface area contributed by atoms with Gasteiger partial charge in [0.1, 0.15) is 5.75 Å². The van der Waals surface area contributed by atoms with Gasteiger partial charge in [-0.1, -0.05) is 6.92 Å². The number of nitrogens with zero attached hydrogens (tertiary/aromatic N) is 2. The molecule has 0 aliphatic rings. The third-order valence-corrected chi connectivity index (χ3v) is 2.06. The largest absolute Gasteiger partial charge is 0.494 e. The van der Waals surface area contributed by atoms with Crippen LogP contribution in [0.4, 0.5) is 0 Å². The number of nitrogens with two attached hydrogens (primary N) is 2. The average Bonchev–Trinajstić information content (AvgIpc) is 2.34. The zero-order valence-electron chi connectivity index (χ0n) is 10.2. The smallest absolute Gasteiger partial charge is 0.211 e. The van der Waals surface area contributed by atoms with Crippen molar-refractivity contribution in [2.75, 3.05) is 6.61 Å². The van der Waals surface area contributed by atoms with Gasteiger partial charge in [0, 0.05) is 0 Å². The van der Waals surface area contributed by atoms with E-state index in [0.29, 0.717) is 0 Å². The van der Waals surface area contributed by atoms with Crippen molar-refractivity contribution in [3.8, 4) is 5.75 Å². The summed E-state index contributed by atoms with van der Waals surface area (Å²) in [6.07, 6.45) is 0.993. The van der Waals surface area contributed by atoms with Crippen molar-refractivity contribution in [1.82, 2.24) is 0 Å². The van der Waals surface area contributed by atoms with Crippen molar-refractivity contribution >= 4 is 11.7 Å². The second-order valence-corrected chi connectivity index (χ2v) is 3.58. The van der Waals surface area contributed by atoms with Gasteiger partial charge < -0.3 is 16.2 Å². The Labute approximate surface area is 101 Å². The fourth-order valence-electron chi connectivity index (χ4n) is 1.20. The molecule has 0 fully saturated rings. The quantitative estimate of drug-likeness (QED) is 0.459. The normalized spacial score (nSPS) is 11.1. The third-order valence-electron chi connectivity index (χ3n) is 2.06. The lowest BCUT2D eigenvalue weighted by molar-refractivity contribution is 0.317. The molecule has 0 spiro atoms. The number of hydrogen-bond donors (Lipinski definition) is 2. The van der Waals surface area contributed by atoms with Gasteiger partial charge in [-0.05, 0) is 43.2 Å². The SMILES string of the molecule is CCCOc1ccc(C(C)=NN=C(N)N)cc1. The van der Waals surface area contributed by atoms with Crippen LogP contribution in [0.3, 0.4) is 0 Å². The molecule has 4 N–H and O–H groups in total. The first kappa shape index (κ1) is 13.0. The van der Waals surface area contributed by atoms with Gasteiger partial charge in [0.25, 0.3) is 0 Å².